The number of nitrogens with zero attached hydrogens (tertiary/aromatic N) is 3. The molecular weight excluding hydrogens is 363 g/mol. The molecule has 1 aliphatic rings. The Morgan fingerprint density at radius 2 is 2.18 bits per heavy atom. The van der Waals surface area contributed by atoms with Crippen LogP contribution in [-0.4, -0.2) is 67.5 Å². The lowest BCUT2D eigenvalue weighted by molar-refractivity contribution is 0.0963. The SMILES string of the molecule is CN(C)CCCNc1ccc(-c2ccc(N3C[C@H](CO)OC3=O)cc2F)cn1. The molecule has 1 aliphatic heterocycles. The molecule has 1 saturated heterocycles. The fourth-order valence-electron chi connectivity index (χ4n) is 3.00. The maximum absolute atomic E-state index is 14.6. The smallest absolute Gasteiger partial charge is 0.414 e. The first-order chi connectivity index (χ1) is 13.5. The largest absolute Gasteiger partial charge is 0.441 e. The zero-order valence-electron chi connectivity index (χ0n) is 16.1. The minimum Gasteiger partial charge on any atom is -0.441 e. The molecule has 1 aromatic carbocycles. The van der Waals surface area contributed by atoms with Gasteiger partial charge in [0, 0.05) is 23.9 Å². The number of benzene rings is 1. The number of aromatic nitrogens is 1. The second-order valence-electron chi connectivity index (χ2n) is 6.98. The molecule has 1 amide bonds. The van der Waals surface area contributed by atoms with Gasteiger partial charge in [-0.05, 0) is 57.4 Å². The Morgan fingerprint density at radius 1 is 1.36 bits per heavy atom. The number of aliphatic hydroxyl groups excluding tert-OH is 1. The van der Waals surface area contributed by atoms with Gasteiger partial charge in [-0.25, -0.2) is 14.2 Å². The molecule has 0 saturated carbocycles. The van der Waals surface area contributed by atoms with E-state index in [0.717, 1.165) is 25.3 Å². The summed E-state index contributed by atoms with van der Waals surface area (Å²) in [7, 11) is 4.06. The molecule has 0 aliphatic carbocycles. The summed E-state index contributed by atoms with van der Waals surface area (Å²) in [5.74, 6) is 0.292. The van der Waals surface area contributed by atoms with Crippen molar-refractivity contribution in [2.75, 3.05) is 50.6 Å². The summed E-state index contributed by atoms with van der Waals surface area (Å²) in [4.78, 5) is 19.6. The molecule has 2 heterocycles. The van der Waals surface area contributed by atoms with Gasteiger partial charge < -0.3 is 20.1 Å². The van der Waals surface area contributed by atoms with Gasteiger partial charge in [-0.3, -0.25) is 4.90 Å². The monoisotopic (exact) mass is 388 g/mol. The second-order valence-corrected chi connectivity index (χ2v) is 6.98. The summed E-state index contributed by atoms with van der Waals surface area (Å²) in [6.07, 6.45) is 1.45. The normalized spacial score (nSPS) is 16.5. The summed E-state index contributed by atoms with van der Waals surface area (Å²) < 4.78 is 19.6. The van der Waals surface area contributed by atoms with Crippen LogP contribution >= 0.6 is 0 Å². The van der Waals surface area contributed by atoms with Crippen LogP contribution in [0.1, 0.15) is 6.42 Å². The maximum atomic E-state index is 14.6. The molecular formula is C20H25FN4O3. The van der Waals surface area contributed by atoms with Crippen LogP contribution in [0.3, 0.4) is 0 Å². The number of rotatable bonds is 8. The van der Waals surface area contributed by atoms with Crippen LogP contribution in [-0.2, 0) is 4.74 Å². The van der Waals surface area contributed by atoms with Crippen molar-refractivity contribution in [2.24, 2.45) is 0 Å². The third-order valence-electron chi connectivity index (χ3n) is 4.50. The molecule has 2 N–H and O–H groups in total. The zero-order valence-corrected chi connectivity index (χ0v) is 16.1. The number of hydrogen-bond acceptors (Lipinski definition) is 6. The lowest BCUT2D eigenvalue weighted by Gasteiger charge is -2.14. The van der Waals surface area contributed by atoms with Crippen molar-refractivity contribution in [2.45, 2.75) is 12.5 Å². The molecule has 8 heteroatoms. The number of amides is 1. The third-order valence-corrected chi connectivity index (χ3v) is 4.50. The van der Waals surface area contributed by atoms with Gasteiger partial charge in [0.1, 0.15) is 17.7 Å². The van der Waals surface area contributed by atoms with Gasteiger partial charge >= 0.3 is 6.09 Å². The van der Waals surface area contributed by atoms with Crippen LogP contribution < -0.4 is 10.2 Å². The Hall–Kier alpha value is -2.71. The van der Waals surface area contributed by atoms with E-state index in [9.17, 15) is 9.18 Å². The van der Waals surface area contributed by atoms with Gasteiger partial charge in [0.15, 0.2) is 0 Å². The van der Waals surface area contributed by atoms with Crippen molar-refractivity contribution in [1.29, 1.82) is 0 Å². The van der Waals surface area contributed by atoms with Crippen molar-refractivity contribution in [3.63, 3.8) is 0 Å². The minimum absolute atomic E-state index is 0.198. The van der Waals surface area contributed by atoms with Crippen molar-refractivity contribution in [1.82, 2.24) is 9.88 Å². The average molecular weight is 388 g/mol. The molecule has 3 rings (SSSR count). The van der Waals surface area contributed by atoms with Crippen LogP contribution in [0.4, 0.5) is 20.7 Å². The van der Waals surface area contributed by atoms with Crippen molar-refractivity contribution < 1.29 is 19.0 Å². The average Bonchev–Trinajstić information content (AvgIpc) is 3.06. The Balaban J connectivity index is 1.66. The predicted octanol–water partition coefficient (Wildman–Crippen LogP) is 2.57. The fourth-order valence-corrected chi connectivity index (χ4v) is 3.00. The highest BCUT2D eigenvalue weighted by Crippen LogP contribution is 2.29. The molecule has 1 fully saturated rings. The number of halogens is 1. The number of hydrogen-bond donors (Lipinski definition) is 2. The second kappa shape index (κ2) is 8.99. The Morgan fingerprint density at radius 3 is 2.79 bits per heavy atom. The van der Waals surface area contributed by atoms with E-state index < -0.39 is 18.0 Å². The molecule has 2 aromatic rings. The summed E-state index contributed by atoms with van der Waals surface area (Å²) >= 11 is 0. The molecule has 0 bridgehead atoms. The van der Waals surface area contributed by atoms with Gasteiger partial charge in [-0.15, -0.1) is 0 Å². The van der Waals surface area contributed by atoms with Gasteiger partial charge in [0.25, 0.3) is 0 Å². The molecule has 0 unspecified atom stereocenters. The Kier molecular flexibility index (Phi) is 6.43. The first-order valence-corrected chi connectivity index (χ1v) is 9.21. The van der Waals surface area contributed by atoms with Gasteiger partial charge in [0.05, 0.1) is 18.8 Å². The van der Waals surface area contributed by atoms with Crippen LogP contribution in [0.15, 0.2) is 36.5 Å². The number of anilines is 2. The lowest BCUT2D eigenvalue weighted by Crippen LogP contribution is -2.25. The molecule has 7 nitrogen and oxygen atoms in total. The number of nitrogens with one attached hydrogen (secondary N) is 1. The van der Waals surface area contributed by atoms with E-state index >= 15 is 0 Å². The van der Waals surface area contributed by atoms with Crippen LogP contribution in [0.25, 0.3) is 11.1 Å². The highest BCUT2D eigenvalue weighted by atomic mass is 19.1. The van der Waals surface area contributed by atoms with E-state index in [4.69, 9.17) is 9.84 Å². The molecule has 0 spiro atoms. The van der Waals surface area contributed by atoms with E-state index in [0.29, 0.717) is 16.8 Å². The minimum atomic E-state index is -0.586. The van der Waals surface area contributed by atoms with Gasteiger partial charge in [-0.1, -0.05) is 0 Å². The highest BCUT2D eigenvalue weighted by molar-refractivity contribution is 5.90. The summed E-state index contributed by atoms with van der Waals surface area (Å²) in [6.45, 7) is 1.74. The number of aliphatic hydroxyl groups is 1. The maximum Gasteiger partial charge on any atom is 0.414 e. The first-order valence-electron chi connectivity index (χ1n) is 9.21. The Bertz CT molecular complexity index is 814. The summed E-state index contributed by atoms with van der Waals surface area (Å²) in [5.41, 5.74) is 1.45. The molecule has 1 atom stereocenters. The zero-order chi connectivity index (χ0) is 20.1. The molecule has 1 aromatic heterocycles. The highest BCUT2D eigenvalue weighted by Gasteiger charge is 2.32. The standard InChI is InChI=1S/C20H25FN4O3/c1-24(2)9-3-8-22-19-7-4-14(11-23-19)17-6-5-15(10-18(17)21)25-12-16(13-26)28-20(25)27/h4-7,10-11,16,26H,3,8-9,12-13H2,1-2H3,(H,22,23)/t16-/m1/s1. The van der Waals surface area contributed by atoms with Gasteiger partial charge in [-0.2, -0.15) is 0 Å². The quantitative estimate of drug-likeness (QED) is 0.677. The van der Waals surface area contributed by atoms with Crippen molar-refractivity contribution in [3.8, 4) is 11.1 Å². The van der Waals surface area contributed by atoms with Crippen molar-refractivity contribution >= 4 is 17.6 Å². The third kappa shape index (κ3) is 4.76. The summed E-state index contributed by atoms with van der Waals surface area (Å²) in [6, 6.07) is 8.20. The van der Waals surface area contributed by atoms with Gasteiger partial charge in [0.2, 0.25) is 0 Å². The number of carbonyl (C=O) groups is 1. The van der Waals surface area contributed by atoms with Crippen LogP contribution in [0.5, 0.6) is 0 Å². The number of cyclic esters (lactones) is 1. The van der Waals surface area contributed by atoms with E-state index in [-0.39, 0.29) is 13.2 Å². The number of carbonyl (C=O) groups excluding carboxylic acids is 1. The Labute approximate surface area is 163 Å². The van der Waals surface area contributed by atoms with Crippen LogP contribution in [0, 0.1) is 5.82 Å². The van der Waals surface area contributed by atoms with Crippen molar-refractivity contribution in [3.05, 3.63) is 42.3 Å². The summed E-state index contributed by atoms with van der Waals surface area (Å²) in [5, 5.41) is 12.4. The van der Waals surface area contributed by atoms with E-state index in [1.54, 1.807) is 18.3 Å². The molecule has 150 valence electrons. The van der Waals surface area contributed by atoms with Crippen LogP contribution in [0.2, 0.25) is 0 Å². The van der Waals surface area contributed by atoms with E-state index in [1.807, 2.05) is 26.2 Å². The van der Waals surface area contributed by atoms with E-state index in [1.165, 1.54) is 11.0 Å². The molecule has 0 radical (unpaired) electrons. The fraction of sp³-hybridized carbons (Fsp3) is 0.400. The predicted molar refractivity (Wildman–Crippen MR) is 106 cm³/mol. The topological polar surface area (TPSA) is 77.9 Å². The molecule has 28 heavy (non-hydrogen) atoms. The lowest BCUT2D eigenvalue weighted by atomic mass is 10.1. The van der Waals surface area contributed by atoms with E-state index in [2.05, 4.69) is 15.2 Å². The first kappa shape index (κ1) is 20.0. The number of ether oxygens (including phenoxy) is 1. The number of pyridine rings is 1.